The van der Waals surface area contributed by atoms with Gasteiger partial charge >= 0.3 is 0 Å². The lowest BCUT2D eigenvalue weighted by Crippen LogP contribution is -2.45. The summed E-state index contributed by atoms with van der Waals surface area (Å²) in [6.07, 6.45) is 0.996. The van der Waals surface area contributed by atoms with Gasteiger partial charge in [0.2, 0.25) is 15.9 Å². The molecule has 2 aromatic rings. The standard InChI is InChI=1S/C16H15Cl3N2O3S/c1-10(16(22)20-13-6-3-11(17)4-7-13)21(25(2,23)24)15-9-12(18)5-8-14(15)19/h3-10H,1-2H3,(H,20,22)/t10-/m1/s1. The van der Waals surface area contributed by atoms with Gasteiger partial charge < -0.3 is 5.32 Å². The van der Waals surface area contributed by atoms with Crippen LogP contribution in [0, 0.1) is 0 Å². The molecule has 9 heteroatoms. The molecule has 5 nitrogen and oxygen atoms in total. The maximum Gasteiger partial charge on any atom is 0.247 e. The average Bonchev–Trinajstić information content (AvgIpc) is 2.51. The number of carbonyl (C=O) groups is 1. The number of benzene rings is 2. The number of carbonyl (C=O) groups excluding carboxylic acids is 1. The molecule has 134 valence electrons. The van der Waals surface area contributed by atoms with Crippen LogP contribution in [0.25, 0.3) is 0 Å². The van der Waals surface area contributed by atoms with Gasteiger partial charge in [-0.1, -0.05) is 34.8 Å². The topological polar surface area (TPSA) is 66.5 Å². The number of hydrogen-bond donors (Lipinski definition) is 1. The number of nitrogens with zero attached hydrogens (tertiary/aromatic N) is 1. The van der Waals surface area contributed by atoms with E-state index < -0.39 is 22.0 Å². The number of hydrogen-bond acceptors (Lipinski definition) is 3. The quantitative estimate of drug-likeness (QED) is 0.776. The fourth-order valence-corrected chi connectivity index (χ4v) is 3.95. The van der Waals surface area contributed by atoms with Crippen molar-refractivity contribution in [2.45, 2.75) is 13.0 Å². The number of sulfonamides is 1. The van der Waals surface area contributed by atoms with Gasteiger partial charge in [-0.25, -0.2) is 8.42 Å². The Hall–Kier alpha value is -1.47. The number of nitrogens with one attached hydrogen (secondary N) is 1. The molecule has 0 bridgehead atoms. The highest BCUT2D eigenvalue weighted by atomic mass is 35.5. The second-order valence-corrected chi connectivity index (χ2v) is 8.47. The van der Waals surface area contributed by atoms with Crippen molar-refractivity contribution in [2.24, 2.45) is 0 Å². The zero-order valence-corrected chi connectivity index (χ0v) is 16.4. The van der Waals surface area contributed by atoms with E-state index in [-0.39, 0.29) is 10.7 Å². The van der Waals surface area contributed by atoms with Gasteiger partial charge in [0.25, 0.3) is 0 Å². The molecule has 0 unspecified atom stereocenters. The summed E-state index contributed by atoms with van der Waals surface area (Å²) in [5.41, 5.74) is 0.627. The smallest absolute Gasteiger partial charge is 0.247 e. The van der Waals surface area contributed by atoms with Crippen molar-refractivity contribution < 1.29 is 13.2 Å². The molecule has 1 N–H and O–H groups in total. The fourth-order valence-electron chi connectivity index (χ4n) is 2.22. The summed E-state index contributed by atoms with van der Waals surface area (Å²) in [5.74, 6) is -0.524. The second-order valence-electron chi connectivity index (χ2n) is 5.33. The van der Waals surface area contributed by atoms with Gasteiger partial charge in [-0.2, -0.15) is 0 Å². The normalized spacial score (nSPS) is 12.5. The highest BCUT2D eigenvalue weighted by Gasteiger charge is 2.30. The van der Waals surface area contributed by atoms with Crippen molar-refractivity contribution in [3.05, 3.63) is 57.5 Å². The third-order valence-corrected chi connectivity index (χ3v) is 5.38. The Morgan fingerprint density at radius 3 is 2.16 bits per heavy atom. The molecular formula is C16H15Cl3N2O3S. The summed E-state index contributed by atoms with van der Waals surface area (Å²) in [6, 6.07) is 9.81. The Morgan fingerprint density at radius 2 is 1.60 bits per heavy atom. The zero-order chi connectivity index (χ0) is 18.8. The summed E-state index contributed by atoms with van der Waals surface area (Å²) in [6.45, 7) is 1.46. The van der Waals surface area contributed by atoms with Crippen LogP contribution >= 0.6 is 34.8 Å². The maximum absolute atomic E-state index is 12.5. The molecule has 25 heavy (non-hydrogen) atoms. The zero-order valence-electron chi connectivity index (χ0n) is 13.3. The van der Waals surface area contributed by atoms with Crippen LogP contribution in [0.4, 0.5) is 11.4 Å². The summed E-state index contributed by atoms with van der Waals surface area (Å²) in [7, 11) is -3.79. The first-order chi connectivity index (χ1) is 11.6. The Labute approximate surface area is 161 Å². The van der Waals surface area contributed by atoms with Crippen molar-refractivity contribution in [1.82, 2.24) is 0 Å². The first kappa shape index (κ1) is 19.8. The van der Waals surface area contributed by atoms with E-state index >= 15 is 0 Å². The minimum Gasteiger partial charge on any atom is -0.324 e. The van der Waals surface area contributed by atoms with Crippen molar-refractivity contribution in [1.29, 1.82) is 0 Å². The predicted molar refractivity (Wildman–Crippen MR) is 103 cm³/mol. The van der Waals surface area contributed by atoms with Crippen LogP contribution in [0.15, 0.2) is 42.5 Å². The van der Waals surface area contributed by atoms with Gasteiger partial charge in [-0.05, 0) is 49.4 Å². The molecule has 0 saturated carbocycles. The molecule has 0 aromatic heterocycles. The van der Waals surface area contributed by atoms with Crippen LogP contribution in [0.3, 0.4) is 0 Å². The van der Waals surface area contributed by atoms with E-state index in [2.05, 4.69) is 5.32 Å². The largest absolute Gasteiger partial charge is 0.324 e. The number of amides is 1. The fraction of sp³-hybridized carbons (Fsp3) is 0.188. The Kier molecular flexibility index (Phi) is 6.21. The lowest BCUT2D eigenvalue weighted by atomic mass is 10.2. The molecule has 2 rings (SSSR count). The van der Waals surface area contributed by atoms with Crippen LogP contribution in [0.5, 0.6) is 0 Å². The maximum atomic E-state index is 12.5. The van der Waals surface area contributed by atoms with Gasteiger partial charge in [0.15, 0.2) is 0 Å². The number of halogens is 3. The number of rotatable bonds is 5. The van der Waals surface area contributed by atoms with Gasteiger partial charge in [0.1, 0.15) is 6.04 Å². The SMILES string of the molecule is C[C@H](C(=O)Nc1ccc(Cl)cc1)N(c1cc(Cl)ccc1Cl)S(C)(=O)=O. The first-order valence-corrected chi connectivity index (χ1v) is 10.1. The van der Waals surface area contributed by atoms with E-state index in [1.807, 2.05) is 0 Å². The minimum atomic E-state index is -3.79. The van der Waals surface area contributed by atoms with E-state index in [4.69, 9.17) is 34.8 Å². The van der Waals surface area contributed by atoms with E-state index in [1.165, 1.54) is 25.1 Å². The first-order valence-electron chi connectivity index (χ1n) is 7.10. The van der Waals surface area contributed by atoms with E-state index in [0.29, 0.717) is 15.7 Å². The third kappa shape index (κ3) is 5.01. The van der Waals surface area contributed by atoms with Crippen LogP contribution in [-0.4, -0.2) is 26.6 Å². The molecule has 0 fully saturated rings. The monoisotopic (exact) mass is 420 g/mol. The lowest BCUT2D eigenvalue weighted by molar-refractivity contribution is -0.116. The van der Waals surface area contributed by atoms with Crippen molar-refractivity contribution in [3.8, 4) is 0 Å². The lowest BCUT2D eigenvalue weighted by Gasteiger charge is -2.29. The molecule has 2 aromatic carbocycles. The van der Waals surface area contributed by atoms with Crippen LogP contribution in [0.2, 0.25) is 15.1 Å². The molecular weight excluding hydrogens is 407 g/mol. The summed E-state index contributed by atoms with van der Waals surface area (Å²) in [4.78, 5) is 12.5. The highest BCUT2D eigenvalue weighted by molar-refractivity contribution is 7.92. The summed E-state index contributed by atoms with van der Waals surface area (Å²) < 4.78 is 25.5. The van der Waals surface area contributed by atoms with Crippen LogP contribution < -0.4 is 9.62 Å². The summed E-state index contributed by atoms with van der Waals surface area (Å²) in [5, 5.41) is 3.64. The molecule has 0 aliphatic heterocycles. The Bertz CT molecular complexity index is 886. The van der Waals surface area contributed by atoms with E-state index in [1.54, 1.807) is 24.3 Å². The molecule has 0 aliphatic carbocycles. The van der Waals surface area contributed by atoms with Crippen LogP contribution in [0.1, 0.15) is 6.92 Å². The van der Waals surface area contributed by atoms with Crippen molar-refractivity contribution in [3.63, 3.8) is 0 Å². The molecule has 0 spiro atoms. The Balaban J connectivity index is 2.36. The molecule has 1 atom stereocenters. The molecule has 0 aliphatic rings. The molecule has 0 radical (unpaired) electrons. The average molecular weight is 422 g/mol. The minimum absolute atomic E-state index is 0.135. The highest BCUT2D eigenvalue weighted by Crippen LogP contribution is 2.32. The van der Waals surface area contributed by atoms with Gasteiger partial charge in [0, 0.05) is 15.7 Å². The van der Waals surface area contributed by atoms with E-state index in [9.17, 15) is 13.2 Å². The van der Waals surface area contributed by atoms with Gasteiger partial charge in [0.05, 0.1) is 17.0 Å². The van der Waals surface area contributed by atoms with Crippen molar-refractivity contribution in [2.75, 3.05) is 15.9 Å². The number of anilines is 2. The second kappa shape index (κ2) is 7.83. The molecule has 1 amide bonds. The van der Waals surface area contributed by atoms with Crippen LogP contribution in [-0.2, 0) is 14.8 Å². The Morgan fingerprint density at radius 1 is 1.04 bits per heavy atom. The molecule has 0 saturated heterocycles. The molecule has 0 heterocycles. The van der Waals surface area contributed by atoms with Crippen molar-refractivity contribution >= 4 is 62.1 Å². The third-order valence-electron chi connectivity index (χ3n) is 3.35. The van der Waals surface area contributed by atoms with Gasteiger partial charge in [-0.3, -0.25) is 9.10 Å². The van der Waals surface area contributed by atoms with Gasteiger partial charge in [-0.15, -0.1) is 0 Å². The van der Waals surface area contributed by atoms with E-state index in [0.717, 1.165) is 10.6 Å². The predicted octanol–water partition coefficient (Wildman–Crippen LogP) is 4.44. The summed E-state index contributed by atoms with van der Waals surface area (Å²) >= 11 is 17.9.